The Labute approximate surface area is 103 Å². The van der Waals surface area contributed by atoms with Crippen LogP contribution in [0.3, 0.4) is 0 Å². The Bertz CT molecular complexity index is 359. The Morgan fingerprint density at radius 1 is 1.47 bits per heavy atom. The maximum atomic E-state index is 10.9. The lowest BCUT2D eigenvalue weighted by Crippen LogP contribution is -2.20. The molecule has 96 valence electrons. The molecule has 0 aliphatic heterocycles. The number of hydrogen-bond donors (Lipinski definition) is 1. The molecule has 4 nitrogen and oxygen atoms in total. The second kappa shape index (κ2) is 6.42. The van der Waals surface area contributed by atoms with Crippen molar-refractivity contribution in [1.29, 1.82) is 0 Å². The molecule has 4 heteroatoms. The van der Waals surface area contributed by atoms with Gasteiger partial charge in [0.05, 0.1) is 12.7 Å². The summed E-state index contributed by atoms with van der Waals surface area (Å²) in [5.41, 5.74) is 6.12. The third kappa shape index (κ3) is 4.21. The Morgan fingerprint density at radius 3 is 2.76 bits per heavy atom. The van der Waals surface area contributed by atoms with Crippen LogP contribution in [0, 0.1) is 11.8 Å². The van der Waals surface area contributed by atoms with E-state index in [1.807, 2.05) is 4.57 Å². The second-order valence-electron chi connectivity index (χ2n) is 4.92. The number of nitrogens with zero attached hydrogens (tertiary/aromatic N) is 2. The molecule has 1 aromatic heterocycles. The van der Waals surface area contributed by atoms with Gasteiger partial charge in [-0.3, -0.25) is 4.79 Å². The van der Waals surface area contributed by atoms with Gasteiger partial charge in [-0.15, -0.1) is 0 Å². The summed E-state index contributed by atoms with van der Waals surface area (Å²) in [6, 6.07) is 0. The molecule has 0 saturated heterocycles. The molecule has 0 aromatic carbocycles. The smallest absolute Gasteiger partial charge is 0.223 e. The van der Waals surface area contributed by atoms with Gasteiger partial charge in [0.15, 0.2) is 0 Å². The van der Waals surface area contributed by atoms with E-state index in [1.165, 1.54) is 12.8 Å². The van der Waals surface area contributed by atoms with Gasteiger partial charge in [0.1, 0.15) is 0 Å². The van der Waals surface area contributed by atoms with E-state index in [0.29, 0.717) is 11.8 Å². The summed E-state index contributed by atoms with van der Waals surface area (Å²) in [5.74, 6) is 0.959. The Hall–Kier alpha value is -1.32. The first-order valence-electron chi connectivity index (χ1n) is 6.31. The van der Waals surface area contributed by atoms with Gasteiger partial charge in [-0.2, -0.15) is 0 Å². The van der Waals surface area contributed by atoms with Crippen LogP contribution >= 0.6 is 0 Å². The van der Waals surface area contributed by atoms with Gasteiger partial charge in [0, 0.05) is 18.4 Å². The summed E-state index contributed by atoms with van der Waals surface area (Å²) >= 11 is 0. The molecule has 1 rings (SSSR count). The molecule has 1 aromatic rings. The van der Waals surface area contributed by atoms with Crippen molar-refractivity contribution in [1.82, 2.24) is 9.55 Å². The number of imidazole rings is 1. The molecule has 0 spiro atoms. The Kier molecular flexibility index (Phi) is 5.19. The largest absolute Gasteiger partial charge is 0.369 e. The fourth-order valence-electron chi connectivity index (χ4n) is 2.07. The molecule has 0 aliphatic rings. The minimum atomic E-state index is -0.305. The predicted molar refractivity (Wildman–Crippen MR) is 68.4 cm³/mol. The molecule has 1 heterocycles. The minimum absolute atomic E-state index is 0.273. The molecule has 17 heavy (non-hydrogen) atoms. The van der Waals surface area contributed by atoms with E-state index in [4.69, 9.17) is 5.73 Å². The minimum Gasteiger partial charge on any atom is -0.369 e. The lowest BCUT2D eigenvalue weighted by atomic mass is 9.92. The fourth-order valence-corrected chi connectivity index (χ4v) is 2.07. The third-order valence-electron chi connectivity index (χ3n) is 3.35. The lowest BCUT2D eigenvalue weighted by molar-refractivity contribution is -0.117. The van der Waals surface area contributed by atoms with Crippen molar-refractivity contribution in [3.05, 3.63) is 18.2 Å². The maximum Gasteiger partial charge on any atom is 0.223 e. The van der Waals surface area contributed by atoms with Crippen LogP contribution in [-0.4, -0.2) is 15.5 Å². The summed E-state index contributed by atoms with van der Waals surface area (Å²) in [7, 11) is 0. The molecular formula is C13H23N3O. The van der Waals surface area contributed by atoms with E-state index in [-0.39, 0.29) is 12.3 Å². The van der Waals surface area contributed by atoms with E-state index in [0.717, 1.165) is 12.2 Å². The van der Waals surface area contributed by atoms with Gasteiger partial charge in [-0.25, -0.2) is 4.98 Å². The fraction of sp³-hybridized carbons (Fsp3) is 0.692. The van der Waals surface area contributed by atoms with Gasteiger partial charge in [0.2, 0.25) is 5.91 Å². The van der Waals surface area contributed by atoms with Crippen molar-refractivity contribution in [3.8, 4) is 0 Å². The van der Waals surface area contributed by atoms with Gasteiger partial charge in [-0.1, -0.05) is 33.6 Å². The summed E-state index contributed by atoms with van der Waals surface area (Å²) in [6.07, 6.45) is 6.23. The SMILES string of the molecule is CCCC(C)C(C)Cn1cncc1CC(N)=O. The van der Waals surface area contributed by atoms with Crippen LogP contribution in [0.5, 0.6) is 0 Å². The van der Waals surface area contributed by atoms with Crippen molar-refractivity contribution in [2.45, 2.75) is 46.6 Å². The second-order valence-corrected chi connectivity index (χ2v) is 4.92. The van der Waals surface area contributed by atoms with E-state index in [2.05, 4.69) is 25.8 Å². The molecule has 0 aliphatic carbocycles. The van der Waals surface area contributed by atoms with Crippen molar-refractivity contribution in [2.75, 3.05) is 0 Å². The maximum absolute atomic E-state index is 10.9. The molecule has 0 fully saturated rings. The van der Waals surface area contributed by atoms with Crippen molar-refractivity contribution < 1.29 is 4.79 Å². The first-order valence-corrected chi connectivity index (χ1v) is 6.31. The first-order chi connectivity index (χ1) is 8.04. The average molecular weight is 237 g/mol. The lowest BCUT2D eigenvalue weighted by Gasteiger charge is -2.20. The first kappa shape index (κ1) is 13.7. The highest BCUT2D eigenvalue weighted by atomic mass is 16.1. The topological polar surface area (TPSA) is 60.9 Å². The average Bonchev–Trinajstić information content (AvgIpc) is 2.65. The molecular weight excluding hydrogens is 214 g/mol. The normalized spacial score (nSPS) is 14.5. The van der Waals surface area contributed by atoms with Crippen LogP contribution in [0.25, 0.3) is 0 Å². The molecule has 0 radical (unpaired) electrons. The number of carbonyl (C=O) groups excluding carboxylic acids is 1. The zero-order chi connectivity index (χ0) is 12.8. The number of hydrogen-bond acceptors (Lipinski definition) is 2. The molecule has 2 unspecified atom stereocenters. The van der Waals surface area contributed by atoms with E-state index < -0.39 is 0 Å². The van der Waals surface area contributed by atoms with Crippen LogP contribution < -0.4 is 5.73 Å². The Balaban J connectivity index is 2.61. The highest BCUT2D eigenvalue weighted by Crippen LogP contribution is 2.19. The zero-order valence-corrected chi connectivity index (χ0v) is 11.0. The predicted octanol–water partition coefficient (Wildman–Crippen LogP) is 1.98. The quantitative estimate of drug-likeness (QED) is 0.788. The zero-order valence-electron chi connectivity index (χ0n) is 11.0. The molecule has 1 amide bonds. The van der Waals surface area contributed by atoms with Gasteiger partial charge in [0.25, 0.3) is 0 Å². The van der Waals surface area contributed by atoms with E-state index in [9.17, 15) is 4.79 Å². The van der Waals surface area contributed by atoms with Gasteiger partial charge < -0.3 is 10.3 Å². The monoisotopic (exact) mass is 237 g/mol. The standard InChI is InChI=1S/C13H23N3O/c1-4-5-10(2)11(3)8-16-9-15-7-12(16)6-13(14)17/h7,9-11H,4-6,8H2,1-3H3,(H2,14,17). The highest BCUT2D eigenvalue weighted by Gasteiger charge is 2.14. The molecule has 0 saturated carbocycles. The van der Waals surface area contributed by atoms with Crippen molar-refractivity contribution >= 4 is 5.91 Å². The Morgan fingerprint density at radius 2 is 2.18 bits per heavy atom. The van der Waals surface area contributed by atoms with Gasteiger partial charge >= 0.3 is 0 Å². The molecule has 0 bridgehead atoms. The molecule has 2 N–H and O–H groups in total. The number of rotatable bonds is 7. The number of nitrogens with two attached hydrogens (primary N) is 1. The van der Waals surface area contributed by atoms with Crippen LogP contribution in [0.1, 0.15) is 39.3 Å². The van der Waals surface area contributed by atoms with E-state index >= 15 is 0 Å². The van der Waals surface area contributed by atoms with Crippen molar-refractivity contribution in [2.24, 2.45) is 17.6 Å². The van der Waals surface area contributed by atoms with Crippen LogP contribution in [0.15, 0.2) is 12.5 Å². The highest BCUT2D eigenvalue weighted by molar-refractivity contribution is 5.76. The number of amides is 1. The summed E-state index contributed by atoms with van der Waals surface area (Å²) in [5, 5.41) is 0. The number of aromatic nitrogens is 2. The van der Waals surface area contributed by atoms with Crippen LogP contribution in [0.4, 0.5) is 0 Å². The summed E-state index contributed by atoms with van der Waals surface area (Å²) < 4.78 is 2.04. The number of carbonyl (C=O) groups is 1. The van der Waals surface area contributed by atoms with Gasteiger partial charge in [-0.05, 0) is 11.8 Å². The van der Waals surface area contributed by atoms with E-state index in [1.54, 1.807) is 12.5 Å². The number of primary amides is 1. The summed E-state index contributed by atoms with van der Waals surface area (Å²) in [6.45, 7) is 7.63. The summed E-state index contributed by atoms with van der Waals surface area (Å²) in [4.78, 5) is 15.0. The van der Waals surface area contributed by atoms with Crippen LogP contribution in [-0.2, 0) is 17.8 Å². The third-order valence-corrected chi connectivity index (χ3v) is 3.35. The van der Waals surface area contributed by atoms with Crippen LogP contribution in [0.2, 0.25) is 0 Å². The molecule has 2 atom stereocenters. The van der Waals surface area contributed by atoms with Crippen molar-refractivity contribution in [3.63, 3.8) is 0 Å².